The van der Waals surface area contributed by atoms with Crippen molar-refractivity contribution in [3.05, 3.63) is 64.2 Å². The quantitative estimate of drug-likeness (QED) is 0.412. The van der Waals surface area contributed by atoms with Crippen molar-refractivity contribution >= 4 is 22.8 Å². The van der Waals surface area contributed by atoms with Gasteiger partial charge >= 0.3 is 0 Å². The molecule has 2 aromatic rings. The van der Waals surface area contributed by atoms with Crippen LogP contribution in [0.4, 0.5) is 17.1 Å². The number of anilines is 2. The number of ketones is 1. The van der Waals surface area contributed by atoms with E-state index in [1.165, 1.54) is 6.07 Å². The molecule has 2 rings (SSSR count). The molecule has 0 fully saturated rings. The normalized spacial score (nSPS) is 10.8. The highest BCUT2D eigenvalue weighted by molar-refractivity contribution is 5.81. The molecule has 7 nitrogen and oxygen atoms in total. The molecular formula is C20H24N2O5. The highest BCUT2D eigenvalue weighted by Crippen LogP contribution is 2.29. The number of rotatable bonds is 11. The number of aliphatic hydroxyl groups excluding tert-OH is 2. The van der Waals surface area contributed by atoms with Gasteiger partial charge in [-0.2, -0.15) is 0 Å². The van der Waals surface area contributed by atoms with Crippen molar-refractivity contribution < 1.29 is 19.9 Å². The van der Waals surface area contributed by atoms with Crippen molar-refractivity contribution in [2.75, 3.05) is 18.5 Å². The van der Waals surface area contributed by atoms with Crippen LogP contribution in [0, 0.1) is 16.0 Å². The molecule has 27 heavy (non-hydrogen) atoms. The standard InChI is InChI=1S/C20H24N2O5/c23-13-16(14-24)5-4-8-18(25)11-15-9-10-19(20(12-15)22(26)27)21-17-6-2-1-3-7-17/h1-3,6-7,9-10,12,16,21,23-24H,4-5,8,11,13-14H2. The number of Topliss-reactive ketones (excluding diaryl/α,β-unsaturated/α-hetero) is 1. The molecule has 0 heterocycles. The minimum atomic E-state index is -0.466. The number of nitrogens with one attached hydrogen (secondary N) is 1. The third kappa shape index (κ3) is 6.47. The fraction of sp³-hybridized carbons (Fsp3) is 0.350. The van der Waals surface area contributed by atoms with Gasteiger partial charge in [0.15, 0.2) is 0 Å². The third-order valence-corrected chi connectivity index (χ3v) is 4.30. The summed E-state index contributed by atoms with van der Waals surface area (Å²) < 4.78 is 0. The van der Waals surface area contributed by atoms with E-state index in [0.29, 0.717) is 30.5 Å². The van der Waals surface area contributed by atoms with Gasteiger partial charge in [0.05, 0.1) is 4.92 Å². The van der Waals surface area contributed by atoms with Crippen molar-refractivity contribution in [1.29, 1.82) is 0 Å². The Bertz CT molecular complexity index is 760. The average Bonchev–Trinajstić information content (AvgIpc) is 2.67. The lowest BCUT2D eigenvalue weighted by atomic mass is 9.99. The lowest BCUT2D eigenvalue weighted by Crippen LogP contribution is -2.12. The van der Waals surface area contributed by atoms with Crippen LogP contribution >= 0.6 is 0 Å². The van der Waals surface area contributed by atoms with Gasteiger partial charge in [0.25, 0.3) is 5.69 Å². The van der Waals surface area contributed by atoms with E-state index in [4.69, 9.17) is 10.2 Å². The maximum Gasteiger partial charge on any atom is 0.292 e. The molecule has 0 bridgehead atoms. The zero-order valence-corrected chi connectivity index (χ0v) is 15.0. The Morgan fingerprint density at radius 2 is 1.81 bits per heavy atom. The van der Waals surface area contributed by atoms with Gasteiger partial charge < -0.3 is 15.5 Å². The molecular weight excluding hydrogens is 348 g/mol. The Labute approximate surface area is 157 Å². The molecule has 144 valence electrons. The van der Waals surface area contributed by atoms with Crippen LogP contribution in [0.1, 0.15) is 24.8 Å². The van der Waals surface area contributed by atoms with E-state index >= 15 is 0 Å². The van der Waals surface area contributed by atoms with Gasteiger partial charge in [0.1, 0.15) is 11.5 Å². The average molecular weight is 372 g/mol. The Kier molecular flexibility index (Phi) is 7.91. The monoisotopic (exact) mass is 372 g/mol. The number of nitrogens with zero attached hydrogens (tertiary/aromatic N) is 1. The molecule has 0 spiro atoms. The van der Waals surface area contributed by atoms with Crippen LogP contribution in [0.25, 0.3) is 0 Å². The highest BCUT2D eigenvalue weighted by atomic mass is 16.6. The summed E-state index contributed by atoms with van der Waals surface area (Å²) in [5.74, 6) is -0.232. The molecule has 0 aliphatic heterocycles. The van der Waals surface area contributed by atoms with E-state index in [0.717, 1.165) is 5.69 Å². The number of carbonyl (C=O) groups is 1. The molecule has 3 N–H and O–H groups in total. The number of hydrogen-bond acceptors (Lipinski definition) is 6. The smallest absolute Gasteiger partial charge is 0.292 e. The van der Waals surface area contributed by atoms with Crippen molar-refractivity contribution in [3.8, 4) is 0 Å². The Hall–Kier alpha value is -2.77. The van der Waals surface area contributed by atoms with E-state index in [1.54, 1.807) is 12.1 Å². The number of nitro benzene ring substituents is 1. The summed E-state index contributed by atoms with van der Waals surface area (Å²) >= 11 is 0. The van der Waals surface area contributed by atoms with Crippen LogP contribution in [0.3, 0.4) is 0 Å². The van der Waals surface area contributed by atoms with Crippen LogP contribution in [0.15, 0.2) is 48.5 Å². The first kappa shape index (κ1) is 20.5. The van der Waals surface area contributed by atoms with Gasteiger partial charge in [0.2, 0.25) is 0 Å². The van der Waals surface area contributed by atoms with Crippen molar-refractivity contribution in [3.63, 3.8) is 0 Å². The number of benzene rings is 2. The van der Waals surface area contributed by atoms with E-state index in [1.807, 2.05) is 30.3 Å². The van der Waals surface area contributed by atoms with E-state index in [-0.39, 0.29) is 37.0 Å². The predicted octanol–water partition coefficient (Wildman–Crippen LogP) is 3.22. The van der Waals surface area contributed by atoms with Crippen LogP contribution in [0.2, 0.25) is 0 Å². The SMILES string of the molecule is O=C(CCCC(CO)CO)Cc1ccc(Nc2ccccc2)c([N+](=O)[O-])c1. The molecule has 0 aliphatic carbocycles. The molecule has 0 aromatic heterocycles. The number of aliphatic hydroxyl groups is 2. The molecule has 0 radical (unpaired) electrons. The minimum absolute atomic E-state index is 0.0253. The number of carbonyl (C=O) groups excluding carboxylic acids is 1. The Balaban J connectivity index is 2.00. The van der Waals surface area contributed by atoms with Crippen molar-refractivity contribution in [2.45, 2.75) is 25.7 Å². The molecule has 0 amide bonds. The summed E-state index contributed by atoms with van der Waals surface area (Å²) in [5.41, 5.74) is 1.62. The summed E-state index contributed by atoms with van der Waals surface area (Å²) in [6.45, 7) is -0.209. The van der Waals surface area contributed by atoms with Gasteiger partial charge in [-0.05, 0) is 36.6 Å². The molecule has 0 saturated carbocycles. The van der Waals surface area contributed by atoms with E-state index < -0.39 is 4.92 Å². The first-order chi connectivity index (χ1) is 13.0. The topological polar surface area (TPSA) is 113 Å². The first-order valence-electron chi connectivity index (χ1n) is 8.86. The van der Waals surface area contributed by atoms with Crippen LogP contribution in [0.5, 0.6) is 0 Å². The number of nitro groups is 1. The molecule has 0 aliphatic rings. The fourth-order valence-corrected chi connectivity index (χ4v) is 2.77. The van der Waals surface area contributed by atoms with Gasteiger partial charge in [-0.25, -0.2) is 0 Å². The van der Waals surface area contributed by atoms with Crippen molar-refractivity contribution in [2.24, 2.45) is 5.92 Å². The number of para-hydroxylation sites is 1. The Morgan fingerprint density at radius 3 is 2.44 bits per heavy atom. The molecule has 0 unspecified atom stereocenters. The largest absolute Gasteiger partial charge is 0.396 e. The molecule has 7 heteroatoms. The van der Waals surface area contributed by atoms with Crippen LogP contribution in [-0.4, -0.2) is 34.1 Å². The molecule has 0 atom stereocenters. The second kappa shape index (κ2) is 10.4. The second-order valence-electron chi connectivity index (χ2n) is 6.44. The van der Waals surface area contributed by atoms with Crippen LogP contribution < -0.4 is 5.32 Å². The van der Waals surface area contributed by atoms with Gasteiger partial charge in [-0.1, -0.05) is 24.3 Å². The summed E-state index contributed by atoms with van der Waals surface area (Å²) in [6, 6.07) is 13.9. The summed E-state index contributed by atoms with van der Waals surface area (Å²) in [5, 5.41) is 32.5. The molecule has 0 saturated heterocycles. The summed E-state index contributed by atoms with van der Waals surface area (Å²) in [4.78, 5) is 23.0. The van der Waals surface area contributed by atoms with Crippen LogP contribution in [-0.2, 0) is 11.2 Å². The highest BCUT2D eigenvalue weighted by Gasteiger charge is 2.16. The fourth-order valence-electron chi connectivity index (χ4n) is 2.77. The predicted molar refractivity (Wildman–Crippen MR) is 103 cm³/mol. The lowest BCUT2D eigenvalue weighted by molar-refractivity contribution is -0.384. The van der Waals surface area contributed by atoms with E-state index in [9.17, 15) is 14.9 Å². The minimum Gasteiger partial charge on any atom is -0.396 e. The van der Waals surface area contributed by atoms with Gasteiger partial charge in [0, 0.05) is 43.7 Å². The van der Waals surface area contributed by atoms with Gasteiger partial charge in [-0.15, -0.1) is 0 Å². The molecule has 2 aromatic carbocycles. The number of hydrogen-bond donors (Lipinski definition) is 3. The maximum absolute atomic E-state index is 12.1. The zero-order chi connectivity index (χ0) is 19.6. The van der Waals surface area contributed by atoms with Gasteiger partial charge in [-0.3, -0.25) is 14.9 Å². The first-order valence-corrected chi connectivity index (χ1v) is 8.86. The third-order valence-electron chi connectivity index (χ3n) is 4.30. The lowest BCUT2D eigenvalue weighted by Gasteiger charge is -2.10. The second-order valence-corrected chi connectivity index (χ2v) is 6.44. The summed E-state index contributed by atoms with van der Waals surface area (Å²) in [6.07, 6.45) is 1.57. The van der Waals surface area contributed by atoms with E-state index in [2.05, 4.69) is 5.32 Å². The maximum atomic E-state index is 12.1. The summed E-state index contributed by atoms with van der Waals surface area (Å²) in [7, 11) is 0. The van der Waals surface area contributed by atoms with Crippen molar-refractivity contribution in [1.82, 2.24) is 0 Å². The zero-order valence-electron chi connectivity index (χ0n) is 15.0. The Morgan fingerprint density at radius 1 is 1.11 bits per heavy atom.